The van der Waals surface area contributed by atoms with Gasteiger partial charge in [-0.2, -0.15) is 4.39 Å². The van der Waals surface area contributed by atoms with Crippen LogP contribution in [0.1, 0.15) is 17.3 Å². The maximum absolute atomic E-state index is 13.3. The Morgan fingerprint density at radius 2 is 1.96 bits per heavy atom. The number of nitrogens with one attached hydrogen (secondary N) is 2. The molecule has 8 nitrogen and oxygen atoms in total. The maximum Gasteiger partial charge on any atom is 0.340 e. The molecule has 0 aliphatic carbocycles. The highest BCUT2D eigenvalue weighted by Gasteiger charge is 2.16. The molecule has 0 atom stereocenters. The molecule has 0 bridgehead atoms. The lowest BCUT2D eigenvalue weighted by atomic mass is 10.2. The number of nitro groups is 1. The number of hydrogen-bond donors (Lipinski definition) is 2. The summed E-state index contributed by atoms with van der Waals surface area (Å²) in [5, 5.41) is 15.9. The summed E-state index contributed by atoms with van der Waals surface area (Å²) in [6, 6.07) is 9.57. The molecular weight excluding hydrogens is 345 g/mol. The van der Waals surface area contributed by atoms with E-state index in [1.54, 1.807) is 25.1 Å². The number of para-hydroxylation sites is 1. The Morgan fingerprint density at radius 3 is 2.65 bits per heavy atom. The van der Waals surface area contributed by atoms with E-state index in [0.29, 0.717) is 0 Å². The molecule has 136 valence electrons. The van der Waals surface area contributed by atoms with E-state index < -0.39 is 28.3 Å². The Labute approximate surface area is 148 Å². The maximum atomic E-state index is 13.3. The number of hydrogen-bond acceptors (Lipinski definition) is 6. The summed E-state index contributed by atoms with van der Waals surface area (Å²) in [5.74, 6) is -2.02. The van der Waals surface area contributed by atoms with Gasteiger partial charge in [0.15, 0.2) is 0 Å². The Hall–Kier alpha value is -3.49. The highest BCUT2D eigenvalue weighted by atomic mass is 19.1. The molecule has 0 fully saturated rings. The number of anilines is 2. The summed E-state index contributed by atoms with van der Waals surface area (Å²) in [6.45, 7) is 1.64. The number of ether oxygens (including phenoxy) is 1. The standard InChI is InChI=1S/C17H16FN3O5/c1-2-26-17(23)12-5-3-4-6-14(12)20-16(22)10-19-11-7-8-13(18)15(9-11)21(24)25/h3-9,19H,2,10H2,1H3,(H,20,22). The number of halogens is 1. The lowest BCUT2D eigenvalue weighted by Gasteiger charge is -2.11. The monoisotopic (exact) mass is 361 g/mol. The van der Waals surface area contributed by atoms with Crippen molar-refractivity contribution >= 4 is 28.9 Å². The second-order valence-electron chi connectivity index (χ2n) is 5.09. The van der Waals surface area contributed by atoms with Gasteiger partial charge in [0.25, 0.3) is 0 Å². The van der Waals surface area contributed by atoms with E-state index in [4.69, 9.17) is 4.74 Å². The molecule has 0 unspecified atom stereocenters. The highest BCUT2D eigenvalue weighted by Crippen LogP contribution is 2.21. The zero-order chi connectivity index (χ0) is 19.1. The molecule has 2 aromatic rings. The van der Waals surface area contributed by atoms with Gasteiger partial charge in [-0.15, -0.1) is 0 Å². The van der Waals surface area contributed by atoms with Crippen LogP contribution in [-0.4, -0.2) is 30.0 Å². The quantitative estimate of drug-likeness (QED) is 0.446. The number of carbonyl (C=O) groups excluding carboxylic acids is 2. The van der Waals surface area contributed by atoms with Crippen molar-refractivity contribution < 1.29 is 23.6 Å². The summed E-state index contributed by atoms with van der Waals surface area (Å²) < 4.78 is 18.2. The molecule has 0 aliphatic rings. The number of benzene rings is 2. The first-order valence-electron chi connectivity index (χ1n) is 7.66. The highest BCUT2D eigenvalue weighted by molar-refractivity contribution is 6.02. The van der Waals surface area contributed by atoms with Crippen molar-refractivity contribution in [2.75, 3.05) is 23.8 Å². The van der Waals surface area contributed by atoms with E-state index in [-0.39, 0.29) is 30.1 Å². The van der Waals surface area contributed by atoms with Gasteiger partial charge in [0, 0.05) is 11.8 Å². The van der Waals surface area contributed by atoms with Gasteiger partial charge in [-0.1, -0.05) is 12.1 Å². The number of nitrogens with zero attached hydrogens (tertiary/aromatic N) is 1. The predicted molar refractivity (Wildman–Crippen MR) is 92.6 cm³/mol. The number of carbonyl (C=O) groups is 2. The van der Waals surface area contributed by atoms with E-state index >= 15 is 0 Å². The van der Waals surface area contributed by atoms with Crippen molar-refractivity contribution in [3.8, 4) is 0 Å². The third-order valence-corrected chi connectivity index (χ3v) is 3.29. The first-order chi connectivity index (χ1) is 12.4. The minimum absolute atomic E-state index is 0.200. The molecule has 2 N–H and O–H groups in total. The van der Waals surface area contributed by atoms with Crippen molar-refractivity contribution in [3.63, 3.8) is 0 Å². The van der Waals surface area contributed by atoms with Crippen LogP contribution in [0.2, 0.25) is 0 Å². The minimum atomic E-state index is -0.964. The largest absolute Gasteiger partial charge is 0.462 e. The first kappa shape index (κ1) is 18.8. The number of nitro benzene ring substituents is 1. The molecule has 0 spiro atoms. The van der Waals surface area contributed by atoms with E-state index in [1.807, 2.05) is 0 Å². The van der Waals surface area contributed by atoms with Crippen molar-refractivity contribution in [1.82, 2.24) is 0 Å². The lowest BCUT2D eigenvalue weighted by Crippen LogP contribution is -2.23. The van der Waals surface area contributed by atoms with Crippen molar-refractivity contribution in [2.24, 2.45) is 0 Å². The number of rotatable bonds is 7. The molecule has 0 heterocycles. The first-order valence-corrected chi connectivity index (χ1v) is 7.66. The molecule has 2 aromatic carbocycles. The van der Waals surface area contributed by atoms with Crippen molar-refractivity contribution in [3.05, 3.63) is 64.0 Å². The molecular formula is C17H16FN3O5. The van der Waals surface area contributed by atoms with Crippen LogP contribution in [0.15, 0.2) is 42.5 Å². The summed E-state index contributed by atoms with van der Waals surface area (Å²) in [5.41, 5.74) is 0.0120. The third-order valence-electron chi connectivity index (χ3n) is 3.29. The van der Waals surface area contributed by atoms with Crippen LogP contribution in [0.4, 0.5) is 21.5 Å². The van der Waals surface area contributed by atoms with Gasteiger partial charge >= 0.3 is 11.7 Å². The zero-order valence-corrected chi connectivity index (χ0v) is 13.8. The topological polar surface area (TPSA) is 111 Å². The van der Waals surface area contributed by atoms with Crippen LogP contribution >= 0.6 is 0 Å². The zero-order valence-electron chi connectivity index (χ0n) is 13.8. The molecule has 1 amide bonds. The van der Waals surface area contributed by atoms with Crippen LogP contribution in [0, 0.1) is 15.9 Å². The average molecular weight is 361 g/mol. The van der Waals surface area contributed by atoms with Crippen molar-refractivity contribution in [1.29, 1.82) is 0 Å². The fourth-order valence-corrected chi connectivity index (χ4v) is 2.12. The van der Waals surface area contributed by atoms with Gasteiger partial charge in [0.05, 0.1) is 29.3 Å². The molecule has 9 heteroatoms. The molecule has 26 heavy (non-hydrogen) atoms. The van der Waals surface area contributed by atoms with Crippen LogP contribution in [0.3, 0.4) is 0 Å². The summed E-state index contributed by atoms with van der Waals surface area (Å²) in [4.78, 5) is 33.8. The smallest absolute Gasteiger partial charge is 0.340 e. The van der Waals surface area contributed by atoms with Gasteiger partial charge in [-0.05, 0) is 31.2 Å². The van der Waals surface area contributed by atoms with Crippen LogP contribution in [-0.2, 0) is 9.53 Å². The fourth-order valence-electron chi connectivity index (χ4n) is 2.12. The molecule has 2 rings (SSSR count). The Kier molecular flexibility index (Phi) is 6.20. The Bertz CT molecular complexity index is 841. The number of amides is 1. The Morgan fingerprint density at radius 1 is 1.23 bits per heavy atom. The second-order valence-corrected chi connectivity index (χ2v) is 5.09. The molecule has 0 radical (unpaired) electrons. The van der Waals surface area contributed by atoms with Crippen LogP contribution in [0.25, 0.3) is 0 Å². The van der Waals surface area contributed by atoms with Gasteiger partial charge in [0.1, 0.15) is 0 Å². The van der Waals surface area contributed by atoms with Gasteiger partial charge in [-0.25, -0.2) is 4.79 Å². The SMILES string of the molecule is CCOC(=O)c1ccccc1NC(=O)CNc1ccc(F)c([N+](=O)[O-])c1. The van der Waals surface area contributed by atoms with E-state index in [1.165, 1.54) is 12.1 Å². The normalized spacial score (nSPS) is 10.1. The van der Waals surface area contributed by atoms with E-state index in [2.05, 4.69) is 10.6 Å². The van der Waals surface area contributed by atoms with Gasteiger partial charge < -0.3 is 15.4 Å². The molecule has 0 aromatic heterocycles. The van der Waals surface area contributed by atoms with E-state index in [0.717, 1.165) is 12.1 Å². The third kappa shape index (κ3) is 4.76. The molecule has 0 saturated heterocycles. The number of esters is 1. The minimum Gasteiger partial charge on any atom is -0.462 e. The summed E-state index contributed by atoms with van der Waals surface area (Å²) in [6.07, 6.45) is 0. The second kappa shape index (κ2) is 8.56. The summed E-state index contributed by atoms with van der Waals surface area (Å²) >= 11 is 0. The molecule has 0 aliphatic heterocycles. The van der Waals surface area contributed by atoms with Crippen LogP contribution in [0.5, 0.6) is 0 Å². The van der Waals surface area contributed by atoms with Gasteiger partial charge in [0.2, 0.25) is 11.7 Å². The average Bonchev–Trinajstić information content (AvgIpc) is 2.61. The van der Waals surface area contributed by atoms with Crippen molar-refractivity contribution in [2.45, 2.75) is 6.92 Å². The lowest BCUT2D eigenvalue weighted by molar-refractivity contribution is -0.387. The van der Waals surface area contributed by atoms with Crippen LogP contribution < -0.4 is 10.6 Å². The Balaban J connectivity index is 2.03. The molecule has 0 saturated carbocycles. The predicted octanol–water partition coefficient (Wildman–Crippen LogP) is 2.96. The van der Waals surface area contributed by atoms with Gasteiger partial charge in [-0.3, -0.25) is 14.9 Å². The summed E-state index contributed by atoms with van der Waals surface area (Å²) in [7, 11) is 0. The van der Waals surface area contributed by atoms with E-state index in [9.17, 15) is 24.1 Å². The fraction of sp³-hybridized carbons (Fsp3) is 0.176.